The summed E-state index contributed by atoms with van der Waals surface area (Å²) in [6.07, 6.45) is 0.458. The van der Waals surface area contributed by atoms with Crippen LogP contribution in [0.4, 0.5) is 0 Å². The Kier molecular flexibility index (Phi) is 1.80. The van der Waals surface area contributed by atoms with Crippen molar-refractivity contribution >= 4 is 5.97 Å². The van der Waals surface area contributed by atoms with E-state index < -0.39 is 0 Å². The van der Waals surface area contributed by atoms with E-state index in [-0.39, 0.29) is 18.7 Å². The third kappa shape index (κ3) is 1.42. The highest BCUT2D eigenvalue weighted by Crippen LogP contribution is 2.36. The van der Waals surface area contributed by atoms with Crippen molar-refractivity contribution < 1.29 is 19.0 Å². The first-order chi connectivity index (χ1) is 7.33. The minimum atomic E-state index is -0.127. The smallest absolute Gasteiger partial charge is 0.306 e. The van der Waals surface area contributed by atoms with E-state index in [1.54, 1.807) is 0 Å². The lowest BCUT2D eigenvalue weighted by Gasteiger charge is -2.06. The van der Waals surface area contributed by atoms with Crippen LogP contribution < -0.4 is 9.47 Å². The maximum absolute atomic E-state index is 11.0. The van der Waals surface area contributed by atoms with Crippen LogP contribution in [-0.4, -0.2) is 19.4 Å². The molecular formula is C11H10O4. The van der Waals surface area contributed by atoms with Crippen LogP contribution in [0, 0.1) is 0 Å². The molecule has 78 valence electrons. The van der Waals surface area contributed by atoms with Gasteiger partial charge in [-0.1, -0.05) is 6.07 Å². The summed E-state index contributed by atoms with van der Waals surface area (Å²) in [5, 5.41) is 0. The monoisotopic (exact) mass is 206 g/mol. The van der Waals surface area contributed by atoms with Gasteiger partial charge in [0.25, 0.3) is 0 Å². The molecule has 0 amide bonds. The maximum atomic E-state index is 11.0. The van der Waals surface area contributed by atoms with Crippen LogP contribution in [0.15, 0.2) is 18.2 Å². The van der Waals surface area contributed by atoms with E-state index in [1.807, 2.05) is 18.2 Å². The molecule has 1 saturated heterocycles. The van der Waals surface area contributed by atoms with Gasteiger partial charge in [-0.2, -0.15) is 0 Å². The van der Waals surface area contributed by atoms with Crippen molar-refractivity contribution in [2.45, 2.75) is 12.3 Å². The highest BCUT2D eigenvalue weighted by molar-refractivity contribution is 5.73. The lowest BCUT2D eigenvalue weighted by molar-refractivity contribution is -0.137. The predicted molar refractivity (Wildman–Crippen MR) is 50.9 cm³/mol. The van der Waals surface area contributed by atoms with E-state index >= 15 is 0 Å². The van der Waals surface area contributed by atoms with Gasteiger partial charge in [-0.3, -0.25) is 4.79 Å². The number of cyclic esters (lactones) is 1. The fourth-order valence-corrected chi connectivity index (χ4v) is 1.89. The molecule has 0 spiro atoms. The lowest BCUT2D eigenvalue weighted by atomic mass is 9.98. The summed E-state index contributed by atoms with van der Waals surface area (Å²) in [5.41, 5.74) is 1.07. The number of hydrogen-bond acceptors (Lipinski definition) is 4. The Morgan fingerprint density at radius 3 is 2.80 bits per heavy atom. The molecule has 0 radical (unpaired) electrons. The average molecular weight is 206 g/mol. The fourth-order valence-electron chi connectivity index (χ4n) is 1.89. The van der Waals surface area contributed by atoms with Gasteiger partial charge in [0.15, 0.2) is 11.5 Å². The Morgan fingerprint density at radius 2 is 2.00 bits per heavy atom. The molecule has 15 heavy (non-hydrogen) atoms. The Bertz CT molecular complexity index is 413. The zero-order valence-corrected chi connectivity index (χ0v) is 8.06. The predicted octanol–water partition coefficient (Wildman–Crippen LogP) is 1.45. The summed E-state index contributed by atoms with van der Waals surface area (Å²) >= 11 is 0. The molecule has 1 aromatic carbocycles. The Balaban J connectivity index is 1.89. The van der Waals surface area contributed by atoms with Gasteiger partial charge in [-0.05, 0) is 17.7 Å². The number of carbonyl (C=O) groups is 1. The number of esters is 1. The van der Waals surface area contributed by atoms with Crippen LogP contribution in [0.1, 0.15) is 17.9 Å². The first-order valence-electron chi connectivity index (χ1n) is 4.88. The third-order valence-electron chi connectivity index (χ3n) is 2.73. The standard InChI is InChI=1S/C11H10O4/c12-11-4-8(5-13-11)7-1-2-9-10(3-7)15-6-14-9/h1-3,8H,4-6H2. The van der Waals surface area contributed by atoms with Gasteiger partial charge in [0, 0.05) is 5.92 Å². The van der Waals surface area contributed by atoms with Crippen molar-refractivity contribution in [2.75, 3.05) is 13.4 Å². The summed E-state index contributed by atoms with van der Waals surface area (Å²) in [6, 6.07) is 5.76. The summed E-state index contributed by atoms with van der Waals surface area (Å²) < 4.78 is 15.4. The van der Waals surface area contributed by atoms with Crippen LogP contribution in [0.25, 0.3) is 0 Å². The molecule has 1 unspecified atom stereocenters. The molecule has 2 aliphatic heterocycles. The molecule has 1 aromatic rings. The number of benzene rings is 1. The van der Waals surface area contributed by atoms with Crippen molar-refractivity contribution in [2.24, 2.45) is 0 Å². The van der Waals surface area contributed by atoms with Gasteiger partial charge in [-0.25, -0.2) is 0 Å². The van der Waals surface area contributed by atoms with Gasteiger partial charge in [0.1, 0.15) is 0 Å². The number of hydrogen-bond donors (Lipinski definition) is 0. The van der Waals surface area contributed by atoms with Crippen molar-refractivity contribution in [3.8, 4) is 11.5 Å². The van der Waals surface area contributed by atoms with Crippen molar-refractivity contribution in [1.29, 1.82) is 0 Å². The summed E-state index contributed by atoms with van der Waals surface area (Å²) in [5.74, 6) is 1.56. The van der Waals surface area contributed by atoms with Crippen LogP contribution in [0.5, 0.6) is 11.5 Å². The van der Waals surface area contributed by atoms with Crippen molar-refractivity contribution in [3.63, 3.8) is 0 Å². The molecular weight excluding hydrogens is 196 g/mol. The zero-order chi connectivity index (χ0) is 10.3. The van der Waals surface area contributed by atoms with E-state index in [0.717, 1.165) is 17.1 Å². The van der Waals surface area contributed by atoms with Crippen LogP contribution >= 0.6 is 0 Å². The minimum Gasteiger partial charge on any atom is -0.465 e. The highest BCUT2D eigenvalue weighted by atomic mass is 16.7. The number of rotatable bonds is 1. The van der Waals surface area contributed by atoms with E-state index in [4.69, 9.17) is 14.2 Å². The van der Waals surface area contributed by atoms with Crippen LogP contribution in [0.3, 0.4) is 0 Å². The van der Waals surface area contributed by atoms with Crippen LogP contribution in [-0.2, 0) is 9.53 Å². The van der Waals surface area contributed by atoms with Crippen molar-refractivity contribution in [3.05, 3.63) is 23.8 Å². The van der Waals surface area contributed by atoms with Gasteiger partial charge in [0.2, 0.25) is 6.79 Å². The number of ether oxygens (including phenoxy) is 3. The topological polar surface area (TPSA) is 44.8 Å². The van der Waals surface area contributed by atoms with Gasteiger partial charge >= 0.3 is 5.97 Å². The molecule has 0 aliphatic carbocycles. The Hall–Kier alpha value is -1.71. The van der Waals surface area contributed by atoms with E-state index in [1.165, 1.54) is 0 Å². The van der Waals surface area contributed by atoms with Gasteiger partial charge in [0.05, 0.1) is 13.0 Å². The molecule has 2 heterocycles. The molecule has 0 bridgehead atoms. The summed E-state index contributed by atoms with van der Waals surface area (Å²) in [4.78, 5) is 11.0. The maximum Gasteiger partial charge on any atom is 0.306 e. The Morgan fingerprint density at radius 1 is 1.13 bits per heavy atom. The third-order valence-corrected chi connectivity index (χ3v) is 2.73. The largest absolute Gasteiger partial charge is 0.465 e. The SMILES string of the molecule is O=C1CC(c2ccc3c(c2)OCO3)CO1. The van der Waals surface area contributed by atoms with Crippen molar-refractivity contribution in [1.82, 2.24) is 0 Å². The first-order valence-corrected chi connectivity index (χ1v) is 4.88. The molecule has 3 rings (SSSR count). The quantitative estimate of drug-likeness (QED) is 0.652. The minimum absolute atomic E-state index is 0.127. The van der Waals surface area contributed by atoms with Gasteiger partial charge < -0.3 is 14.2 Å². The molecule has 0 saturated carbocycles. The molecule has 0 N–H and O–H groups in total. The molecule has 2 aliphatic rings. The lowest BCUT2D eigenvalue weighted by Crippen LogP contribution is -1.97. The molecule has 4 heteroatoms. The number of carbonyl (C=O) groups excluding carboxylic acids is 1. The van der Waals surface area contributed by atoms with Gasteiger partial charge in [-0.15, -0.1) is 0 Å². The second kappa shape index (κ2) is 3.15. The van der Waals surface area contributed by atoms with E-state index in [2.05, 4.69) is 0 Å². The van der Waals surface area contributed by atoms with E-state index in [0.29, 0.717) is 13.0 Å². The second-order valence-corrected chi connectivity index (χ2v) is 3.70. The summed E-state index contributed by atoms with van der Waals surface area (Å²) in [6.45, 7) is 0.747. The highest BCUT2D eigenvalue weighted by Gasteiger charge is 2.26. The summed E-state index contributed by atoms with van der Waals surface area (Å²) in [7, 11) is 0. The molecule has 1 fully saturated rings. The van der Waals surface area contributed by atoms with Crippen LogP contribution in [0.2, 0.25) is 0 Å². The first kappa shape index (κ1) is 8.59. The molecule has 1 atom stereocenters. The number of fused-ring (bicyclic) bond motifs is 1. The average Bonchev–Trinajstić information content (AvgIpc) is 2.84. The molecule has 0 aromatic heterocycles. The van der Waals surface area contributed by atoms with E-state index in [9.17, 15) is 4.79 Å². The Labute approximate surface area is 86.7 Å². The molecule has 4 nitrogen and oxygen atoms in total. The normalized spacial score (nSPS) is 22.9. The fraction of sp³-hybridized carbons (Fsp3) is 0.364. The zero-order valence-electron chi connectivity index (χ0n) is 8.06. The second-order valence-electron chi connectivity index (χ2n) is 3.70.